The average molecular weight is 435 g/mol. The molecule has 1 aromatic carbocycles. The van der Waals surface area contributed by atoms with E-state index in [1.54, 1.807) is 29.0 Å². The van der Waals surface area contributed by atoms with Gasteiger partial charge in [-0.05, 0) is 37.3 Å². The maximum absolute atomic E-state index is 14.1. The van der Waals surface area contributed by atoms with E-state index in [2.05, 4.69) is 11.7 Å². The van der Waals surface area contributed by atoms with Crippen LogP contribution >= 0.6 is 0 Å². The van der Waals surface area contributed by atoms with E-state index in [1.807, 2.05) is 35.2 Å². The van der Waals surface area contributed by atoms with Crippen molar-refractivity contribution in [1.82, 2.24) is 19.6 Å². The Bertz CT molecular complexity index is 1010. The van der Waals surface area contributed by atoms with Crippen LogP contribution in [0.1, 0.15) is 48.0 Å². The third kappa shape index (κ3) is 4.11. The molecular weight excluding hydrogens is 404 g/mol. The molecule has 168 valence electrons. The SMILES string of the molecule is C=CC(=O)N1CCC(C(=O)N2CCCC2CC(=O)c2cnn(C)c2)(c2ccccc2)CC1. The molecular formula is C25H30N4O3. The number of carbonyl (C=O) groups excluding carboxylic acids is 3. The molecule has 7 heteroatoms. The minimum atomic E-state index is -0.681. The first-order chi connectivity index (χ1) is 15.4. The second-order valence-corrected chi connectivity index (χ2v) is 8.80. The zero-order valence-corrected chi connectivity index (χ0v) is 18.6. The smallest absolute Gasteiger partial charge is 0.245 e. The van der Waals surface area contributed by atoms with Crippen LogP contribution in [0, 0.1) is 0 Å². The quantitative estimate of drug-likeness (QED) is 0.518. The third-order valence-electron chi connectivity index (χ3n) is 6.92. The summed E-state index contributed by atoms with van der Waals surface area (Å²) in [5, 5.41) is 4.09. The second kappa shape index (κ2) is 9.10. The Kier molecular flexibility index (Phi) is 6.26. The van der Waals surface area contributed by atoms with Crippen molar-refractivity contribution in [2.24, 2.45) is 7.05 Å². The Hall–Kier alpha value is -3.22. The molecule has 0 radical (unpaired) electrons. The molecule has 2 saturated heterocycles. The zero-order valence-electron chi connectivity index (χ0n) is 18.6. The first-order valence-electron chi connectivity index (χ1n) is 11.2. The largest absolute Gasteiger partial charge is 0.339 e. The number of carbonyl (C=O) groups is 3. The number of rotatable bonds is 6. The van der Waals surface area contributed by atoms with Gasteiger partial charge in [-0.2, -0.15) is 5.10 Å². The van der Waals surface area contributed by atoms with Gasteiger partial charge in [-0.1, -0.05) is 36.9 Å². The number of likely N-dealkylation sites (tertiary alicyclic amines) is 2. The summed E-state index contributed by atoms with van der Waals surface area (Å²) in [5.41, 5.74) is 0.889. The second-order valence-electron chi connectivity index (χ2n) is 8.80. The van der Waals surface area contributed by atoms with E-state index < -0.39 is 5.41 Å². The zero-order chi connectivity index (χ0) is 22.7. The van der Waals surface area contributed by atoms with Gasteiger partial charge in [0.15, 0.2) is 5.78 Å². The number of piperidine rings is 1. The van der Waals surface area contributed by atoms with E-state index in [9.17, 15) is 14.4 Å². The summed E-state index contributed by atoms with van der Waals surface area (Å²) in [6.45, 7) is 5.27. The van der Waals surface area contributed by atoms with Gasteiger partial charge in [-0.3, -0.25) is 19.1 Å². The van der Waals surface area contributed by atoms with Crippen LogP contribution in [0.25, 0.3) is 0 Å². The molecule has 2 aromatic rings. The molecule has 4 rings (SSSR count). The summed E-state index contributed by atoms with van der Waals surface area (Å²) in [4.78, 5) is 42.7. The first kappa shape index (κ1) is 22.0. The highest BCUT2D eigenvalue weighted by atomic mass is 16.2. The number of nitrogens with zero attached hydrogens (tertiary/aromatic N) is 4. The summed E-state index contributed by atoms with van der Waals surface area (Å²) < 4.78 is 1.62. The van der Waals surface area contributed by atoms with Crippen LogP contribution in [-0.4, -0.2) is 62.9 Å². The summed E-state index contributed by atoms with van der Waals surface area (Å²) >= 11 is 0. The van der Waals surface area contributed by atoms with E-state index >= 15 is 0 Å². The maximum atomic E-state index is 14.1. The average Bonchev–Trinajstić information content (AvgIpc) is 3.47. The van der Waals surface area contributed by atoms with Crippen molar-refractivity contribution in [2.45, 2.75) is 43.6 Å². The lowest BCUT2D eigenvalue weighted by atomic mass is 9.71. The van der Waals surface area contributed by atoms with Crippen molar-refractivity contribution >= 4 is 17.6 Å². The molecule has 0 N–H and O–H groups in total. The minimum absolute atomic E-state index is 0.0166. The number of ketones is 1. The molecule has 0 saturated carbocycles. The molecule has 0 aliphatic carbocycles. The van der Waals surface area contributed by atoms with Crippen molar-refractivity contribution in [3.05, 3.63) is 66.5 Å². The topological polar surface area (TPSA) is 75.5 Å². The number of amides is 2. The minimum Gasteiger partial charge on any atom is -0.339 e. The van der Waals surface area contributed by atoms with Gasteiger partial charge in [0.2, 0.25) is 11.8 Å². The van der Waals surface area contributed by atoms with Crippen LogP contribution in [0.15, 0.2) is 55.4 Å². The summed E-state index contributed by atoms with van der Waals surface area (Å²) in [5.74, 6) is -0.000856. The highest BCUT2D eigenvalue weighted by molar-refractivity contribution is 5.97. The normalized spacial score (nSPS) is 20.2. The molecule has 32 heavy (non-hydrogen) atoms. The molecule has 2 aliphatic heterocycles. The van der Waals surface area contributed by atoms with Crippen molar-refractivity contribution in [3.63, 3.8) is 0 Å². The van der Waals surface area contributed by atoms with Gasteiger partial charge in [0.25, 0.3) is 0 Å². The van der Waals surface area contributed by atoms with Gasteiger partial charge < -0.3 is 9.80 Å². The lowest BCUT2D eigenvalue weighted by molar-refractivity contribution is -0.142. The molecule has 3 heterocycles. The highest BCUT2D eigenvalue weighted by Gasteiger charge is 2.47. The van der Waals surface area contributed by atoms with E-state index in [0.29, 0.717) is 44.5 Å². The van der Waals surface area contributed by atoms with Gasteiger partial charge in [-0.25, -0.2) is 0 Å². The van der Waals surface area contributed by atoms with Crippen molar-refractivity contribution in [1.29, 1.82) is 0 Å². The van der Waals surface area contributed by atoms with Crippen molar-refractivity contribution in [3.8, 4) is 0 Å². The van der Waals surface area contributed by atoms with Gasteiger partial charge in [0, 0.05) is 45.3 Å². The molecule has 1 unspecified atom stereocenters. The predicted octanol–water partition coefficient (Wildman–Crippen LogP) is 2.73. The standard InChI is InChI=1S/C25H30N4O3/c1-3-23(31)28-14-11-25(12-15-28,20-8-5-4-6-9-20)24(32)29-13-7-10-21(29)16-22(30)19-17-26-27(2)18-19/h3-6,8-9,17-18,21H,1,7,10-16H2,2H3. The Labute approximate surface area is 188 Å². The Morgan fingerprint density at radius 3 is 2.50 bits per heavy atom. The lowest BCUT2D eigenvalue weighted by Crippen LogP contribution is -2.54. The van der Waals surface area contributed by atoms with E-state index in [4.69, 9.17) is 0 Å². The number of hydrogen-bond acceptors (Lipinski definition) is 4. The fourth-order valence-corrected chi connectivity index (χ4v) is 5.11. The number of benzene rings is 1. The number of hydrogen-bond donors (Lipinski definition) is 0. The molecule has 7 nitrogen and oxygen atoms in total. The van der Waals surface area contributed by atoms with Crippen LogP contribution in [0.5, 0.6) is 0 Å². The van der Waals surface area contributed by atoms with Crippen LogP contribution in [0.2, 0.25) is 0 Å². The Balaban J connectivity index is 1.57. The number of aromatic nitrogens is 2. The van der Waals surface area contributed by atoms with E-state index in [0.717, 1.165) is 18.4 Å². The summed E-state index contributed by atoms with van der Waals surface area (Å²) in [6, 6.07) is 9.77. The fraction of sp³-hybridized carbons (Fsp3) is 0.440. The Morgan fingerprint density at radius 2 is 1.88 bits per heavy atom. The molecule has 2 fully saturated rings. The van der Waals surface area contributed by atoms with Gasteiger partial charge in [0.1, 0.15) is 0 Å². The highest BCUT2D eigenvalue weighted by Crippen LogP contribution is 2.39. The van der Waals surface area contributed by atoms with Crippen LogP contribution in [-0.2, 0) is 22.1 Å². The number of aryl methyl sites for hydroxylation is 1. The van der Waals surface area contributed by atoms with E-state index in [1.165, 1.54) is 6.08 Å². The maximum Gasteiger partial charge on any atom is 0.245 e. The summed E-state index contributed by atoms with van der Waals surface area (Å²) in [6.07, 6.45) is 7.79. The van der Waals surface area contributed by atoms with Crippen LogP contribution in [0.4, 0.5) is 0 Å². The first-order valence-corrected chi connectivity index (χ1v) is 11.2. The van der Waals surface area contributed by atoms with Gasteiger partial charge in [-0.15, -0.1) is 0 Å². The molecule has 2 aliphatic rings. The third-order valence-corrected chi connectivity index (χ3v) is 6.92. The Morgan fingerprint density at radius 1 is 1.16 bits per heavy atom. The van der Waals surface area contributed by atoms with E-state index in [-0.39, 0.29) is 23.6 Å². The molecule has 0 spiro atoms. The molecule has 1 aromatic heterocycles. The molecule has 2 amide bonds. The van der Waals surface area contributed by atoms with Crippen LogP contribution in [0.3, 0.4) is 0 Å². The monoisotopic (exact) mass is 434 g/mol. The van der Waals surface area contributed by atoms with Crippen molar-refractivity contribution in [2.75, 3.05) is 19.6 Å². The molecule has 0 bridgehead atoms. The van der Waals surface area contributed by atoms with Gasteiger partial charge in [0.05, 0.1) is 17.2 Å². The predicted molar refractivity (Wildman–Crippen MR) is 121 cm³/mol. The molecule has 1 atom stereocenters. The fourth-order valence-electron chi connectivity index (χ4n) is 5.11. The lowest BCUT2D eigenvalue weighted by Gasteiger charge is -2.43. The van der Waals surface area contributed by atoms with Crippen molar-refractivity contribution < 1.29 is 14.4 Å². The summed E-state index contributed by atoms with van der Waals surface area (Å²) in [7, 11) is 1.79. The van der Waals surface area contributed by atoms with Crippen LogP contribution < -0.4 is 0 Å². The number of Topliss-reactive ketones (excluding diaryl/α,β-unsaturated/α-hetero) is 1. The van der Waals surface area contributed by atoms with Gasteiger partial charge >= 0.3 is 0 Å².